The van der Waals surface area contributed by atoms with Crippen molar-refractivity contribution in [1.82, 2.24) is 10.4 Å². The lowest BCUT2D eigenvalue weighted by Gasteiger charge is -2.38. The number of carbonyl (C=O) groups excluding carboxylic acids is 2. The maximum atomic E-state index is 13.2. The summed E-state index contributed by atoms with van der Waals surface area (Å²) in [5.41, 5.74) is 3.87. The number of methoxy groups -OCH3 is 1. The predicted molar refractivity (Wildman–Crippen MR) is 99.2 cm³/mol. The first kappa shape index (κ1) is 20.4. The number of fused-ring (bicyclic) bond motifs is 1. The predicted octanol–water partition coefficient (Wildman–Crippen LogP) is 2.58. The first-order chi connectivity index (χ1) is 12.4. The zero-order valence-corrected chi connectivity index (χ0v) is 16.0. The minimum atomic E-state index is -0.510. The van der Waals surface area contributed by atoms with E-state index in [1.165, 1.54) is 0 Å². The second-order valence-corrected chi connectivity index (χ2v) is 7.30. The van der Waals surface area contributed by atoms with Crippen LogP contribution in [0.5, 0.6) is 0 Å². The molecule has 0 saturated heterocycles. The molecule has 1 aromatic carbocycles. The summed E-state index contributed by atoms with van der Waals surface area (Å²) in [7, 11) is 1.68. The van der Waals surface area contributed by atoms with Crippen molar-refractivity contribution in [3.8, 4) is 0 Å². The molecule has 2 N–H and O–H groups in total. The van der Waals surface area contributed by atoms with Gasteiger partial charge in [-0.2, -0.15) is 0 Å². The van der Waals surface area contributed by atoms with Gasteiger partial charge in [0.1, 0.15) is 0 Å². The number of nitrogens with zero attached hydrogens (tertiary/aromatic N) is 1. The zero-order valence-electron chi connectivity index (χ0n) is 16.0. The van der Waals surface area contributed by atoms with Crippen LogP contribution in [0.15, 0.2) is 18.2 Å². The lowest BCUT2D eigenvalue weighted by molar-refractivity contribution is -0.142. The molecule has 0 fully saturated rings. The van der Waals surface area contributed by atoms with Crippen LogP contribution >= 0.6 is 0 Å². The van der Waals surface area contributed by atoms with Crippen LogP contribution in [0.1, 0.15) is 54.6 Å². The van der Waals surface area contributed by atoms with Crippen LogP contribution in [0, 0.1) is 5.41 Å². The third-order valence-electron chi connectivity index (χ3n) is 5.17. The molecule has 2 amide bonds. The Morgan fingerprint density at radius 2 is 2.08 bits per heavy atom. The molecule has 1 aliphatic carbocycles. The summed E-state index contributed by atoms with van der Waals surface area (Å²) in [6.07, 6.45) is 3.96. The van der Waals surface area contributed by atoms with Gasteiger partial charge >= 0.3 is 0 Å². The maximum absolute atomic E-state index is 13.2. The summed E-state index contributed by atoms with van der Waals surface area (Å²) in [5.74, 6) is -0.303. The number of benzene rings is 1. The van der Waals surface area contributed by atoms with Gasteiger partial charge in [0.05, 0.1) is 5.41 Å². The Hall–Kier alpha value is -1.92. The lowest BCUT2D eigenvalue weighted by Crippen LogP contribution is -2.46. The summed E-state index contributed by atoms with van der Waals surface area (Å²) in [4.78, 5) is 26.8. The molecular weight excluding hydrogens is 332 g/mol. The van der Waals surface area contributed by atoms with Gasteiger partial charge in [-0.05, 0) is 55.4 Å². The number of hydrogen-bond acceptors (Lipinski definition) is 4. The van der Waals surface area contributed by atoms with Crippen LogP contribution in [-0.2, 0) is 22.4 Å². The van der Waals surface area contributed by atoms with Gasteiger partial charge in [0, 0.05) is 32.4 Å². The van der Waals surface area contributed by atoms with Crippen molar-refractivity contribution in [2.24, 2.45) is 5.41 Å². The Morgan fingerprint density at radius 1 is 1.31 bits per heavy atom. The number of amides is 2. The van der Waals surface area contributed by atoms with Crippen LogP contribution in [0.3, 0.4) is 0 Å². The molecule has 0 aromatic heterocycles. The highest BCUT2D eigenvalue weighted by Gasteiger charge is 2.39. The van der Waals surface area contributed by atoms with Crippen LogP contribution in [0.4, 0.5) is 0 Å². The van der Waals surface area contributed by atoms with Crippen molar-refractivity contribution in [2.45, 2.75) is 46.0 Å². The first-order valence-corrected chi connectivity index (χ1v) is 9.29. The minimum absolute atomic E-state index is 0.207. The fraction of sp³-hybridized carbons (Fsp3) is 0.600. The molecule has 0 heterocycles. The van der Waals surface area contributed by atoms with E-state index in [9.17, 15) is 9.59 Å². The molecule has 26 heavy (non-hydrogen) atoms. The first-order valence-electron chi connectivity index (χ1n) is 9.29. The smallest absolute Gasteiger partial charge is 0.274 e. The third-order valence-corrected chi connectivity index (χ3v) is 5.17. The molecule has 2 rings (SSSR count). The lowest BCUT2D eigenvalue weighted by atomic mass is 9.71. The Bertz CT molecular complexity index is 647. The van der Waals surface area contributed by atoms with E-state index in [0.29, 0.717) is 18.6 Å². The van der Waals surface area contributed by atoms with E-state index >= 15 is 0 Å². The Kier molecular flexibility index (Phi) is 7.17. The van der Waals surface area contributed by atoms with Crippen LogP contribution in [0.2, 0.25) is 0 Å². The second-order valence-electron chi connectivity index (χ2n) is 7.30. The second kappa shape index (κ2) is 9.14. The van der Waals surface area contributed by atoms with Crippen molar-refractivity contribution < 1.29 is 19.5 Å². The normalized spacial score (nSPS) is 18.9. The number of nitrogens with one attached hydrogen (secondary N) is 1. The highest BCUT2D eigenvalue weighted by molar-refractivity contribution is 5.93. The van der Waals surface area contributed by atoms with Crippen molar-refractivity contribution in [2.75, 3.05) is 26.8 Å². The number of ether oxygens (including phenoxy) is 1. The topological polar surface area (TPSA) is 78.9 Å². The number of hydrogen-bond donors (Lipinski definition) is 2. The van der Waals surface area contributed by atoms with Crippen LogP contribution in [-0.4, -0.2) is 48.7 Å². The molecule has 6 heteroatoms. The molecule has 1 unspecified atom stereocenters. The SMILES string of the molecule is CCCN(CCCOC)C(=O)C1(C)CCc2cc(C(=O)NO)ccc2C1. The average Bonchev–Trinajstić information content (AvgIpc) is 2.65. The van der Waals surface area contributed by atoms with E-state index in [0.717, 1.165) is 49.9 Å². The van der Waals surface area contributed by atoms with Crippen LogP contribution < -0.4 is 5.48 Å². The minimum Gasteiger partial charge on any atom is -0.385 e. The van der Waals surface area contributed by atoms with Gasteiger partial charge in [0.2, 0.25) is 5.91 Å². The monoisotopic (exact) mass is 362 g/mol. The summed E-state index contributed by atoms with van der Waals surface area (Å²) in [5, 5.41) is 8.79. The summed E-state index contributed by atoms with van der Waals surface area (Å²) < 4.78 is 5.12. The molecule has 0 aliphatic heterocycles. The third kappa shape index (κ3) is 4.62. The maximum Gasteiger partial charge on any atom is 0.274 e. The van der Waals surface area contributed by atoms with E-state index in [4.69, 9.17) is 9.94 Å². The van der Waals surface area contributed by atoms with Crippen molar-refractivity contribution in [1.29, 1.82) is 0 Å². The molecule has 0 spiro atoms. The molecule has 1 aliphatic rings. The summed E-state index contributed by atoms with van der Waals surface area (Å²) in [6, 6.07) is 5.41. The average molecular weight is 362 g/mol. The molecule has 1 atom stereocenters. The van der Waals surface area contributed by atoms with E-state index in [-0.39, 0.29) is 5.91 Å². The van der Waals surface area contributed by atoms with Crippen LogP contribution in [0.25, 0.3) is 0 Å². The molecule has 0 saturated carbocycles. The van der Waals surface area contributed by atoms with Gasteiger partial charge in [-0.15, -0.1) is 0 Å². The van der Waals surface area contributed by atoms with Gasteiger partial charge in [-0.1, -0.05) is 19.9 Å². The highest BCUT2D eigenvalue weighted by Crippen LogP contribution is 2.37. The molecule has 6 nitrogen and oxygen atoms in total. The fourth-order valence-corrected chi connectivity index (χ4v) is 3.71. The Morgan fingerprint density at radius 3 is 2.73 bits per heavy atom. The standard InChI is InChI=1S/C20H30N2O4/c1-4-10-22(11-5-12-26-3)19(24)20(2)9-8-15-13-16(18(23)21-25)6-7-17(15)14-20/h6-7,13,25H,4-5,8-12,14H2,1-3H3,(H,21,23). The highest BCUT2D eigenvalue weighted by atomic mass is 16.5. The van der Waals surface area contributed by atoms with Gasteiger partial charge in [-0.25, -0.2) is 5.48 Å². The van der Waals surface area contributed by atoms with E-state index in [1.807, 2.05) is 24.0 Å². The van der Waals surface area contributed by atoms with Gasteiger partial charge in [-0.3, -0.25) is 14.8 Å². The quantitative estimate of drug-likeness (QED) is 0.423. The van der Waals surface area contributed by atoms with E-state index in [1.54, 1.807) is 18.7 Å². The number of rotatable bonds is 8. The van der Waals surface area contributed by atoms with Gasteiger partial charge < -0.3 is 9.64 Å². The zero-order chi connectivity index (χ0) is 19.2. The Labute approximate surface area is 155 Å². The molecular formula is C20H30N2O4. The van der Waals surface area contributed by atoms with Crippen molar-refractivity contribution >= 4 is 11.8 Å². The van der Waals surface area contributed by atoms with Gasteiger partial charge in [0.15, 0.2) is 0 Å². The summed E-state index contributed by atoms with van der Waals surface area (Å²) >= 11 is 0. The summed E-state index contributed by atoms with van der Waals surface area (Å²) in [6.45, 7) is 6.27. The molecule has 0 radical (unpaired) electrons. The molecule has 0 bridgehead atoms. The van der Waals surface area contributed by atoms with E-state index < -0.39 is 11.3 Å². The molecule has 1 aromatic rings. The van der Waals surface area contributed by atoms with Crippen molar-refractivity contribution in [3.05, 3.63) is 34.9 Å². The van der Waals surface area contributed by atoms with E-state index in [2.05, 4.69) is 6.92 Å². The number of aryl methyl sites for hydroxylation is 1. The van der Waals surface area contributed by atoms with Crippen molar-refractivity contribution in [3.63, 3.8) is 0 Å². The molecule has 144 valence electrons. The number of hydroxylamine groups is 1. The number of carbonyl (C=O) groups is 2. The van der Waals surface area contributed by atoms with Gasteiger partial charge in [0.25, 0.3) is 5.91 Å². The fourth-order valence-electron chi connectivity index (χ4n) is 3.71. The Balaban J connectivity index is 2.14. The largest absolute Gasteiger partial charge is 0.385 e.